The van der Waals surface area contributed by atoms with Crippen molar-refractivity contribution < 1.29 is 4.79 Å². The van der Waals surface area contributed by atoms with Crippen molar-refractivity contribution in [3.8, 4) is 11.3 Å². The number of fused-ring (bicyclic) bond motifs is 1. The Kier molecular flexibility index (Phi) is 7.71. The van der Waals surface area contributed by atoms with Crippen LogP contribution in [0.2, 0.25) is 10.0 Å². The Morgan fingerprint density at radius 3 is 2.44 bits per heavy atom. The van der Waals surface area contributed by atoms with Gasteiger partial charge in [0.25, 0.3) is 0 Å². The molecule has 32 heavy (non-hydrogen) atoms. The number of carbonyl (C=O) groups excluding carboxylic acids is 1. The lowest BCUT2D eigenvalue weighted by Gasteiger charge is -2.30. The minimum absolute atomic E-state index is 0.126. The second kappa shape index (κ2) is 10.7. The van der Waals surface area contributed by atoms with Crippen molar-refractivity contribution in [1.82, 2.24) is 19.2 Å². The van der Waals surface area contributed by atoms with Gasteiger partial charge in [0.05, 0.1) is 22.8 Å². The maximum absolute atomic E-state index is 13.5. The van der Waals surface area contributed by atoms with Crippen molar-refractivity contribution in [1.29, 1.82) is 0 Å². The zero-order valence-electron chi connectivity index (χ0n) is 18.6. The number of likely N-dealkylation sites (tertiary alicyclic amines) is 1. The quantitative estimate of drug-likeness (QED) is 0.429. The Balaban J connectivity index is 1.60. The van der Waals surface area contributed by atoms with Crippen molar-refractivity contribution >= 4 is 34.8 Å². The number of rotatable bonds is 8. The highest BCUT2D eigenvalue weighted by Gasteiger charge is 2.21. The minimum atomic E-state index is 0.126. The van der Waals surface area contributed by atoms with Crippen LogP contribution < -0.4 is 0 Å². The largest absolute Gasteiger partial charge is 0.341 e. The number of amides is 1. The van der Waals surface area contributed by atoms with E-state index in [1.54, 1.807) is 0 Å². The molecule has 1 aliphatic rings. The monoisotopic (exact) mass is 472 g/mol. The van der Waals surface area contributed by atoms with Crippen LogP contribution in [0.3, 0.4) is 0 Å². The summed E-state index contributed by atoms with van der Waals surface area (Å²) < 4.78 is 1.94. The molecular weight excluding hydrogens is 443 g/mol. The number of nitrogens with zero attached hydrogens (tertiary/aromatic N) is 4. The van der Waals surface area contributed by atoms with Crippen LogP contribution in [0, 0.1) is 0 Å². The molecule has 4 rings (SSSR count). The fourth-order valence-corrected chi connectivity index (χ4v) is 4.69. The van der Waals surface area contributed by atoms with Crippen LogP contribution >= 0.6 is 23.2 Å². The highest BCUT2D eigenvalue weighted by atomic mass is 35.5. The molecule has 7 heteroatoms. The third kappa shape index (κ3) is 5.45. The van der Waals surface area contributed by atoms with Gasteiger partial charge in [-0.15, -0.1) is 0 Å². The second-order valence-corrected chi connectivity index (χ2v) is 9.32. The second-order valence-electron chi connectivity index (χ2n) is 8.45. The molecule has 0 bridgehead atoms. The molecule has 3 heterocycles. The zero-order chi connectivity index (χ0) is 22.5. The summed E-state index contributed by atoms with van der Waals surface area (Å²) in [6.07, 6.45) is 6.89. The molecule has 0 atom stereocenters. The van der Waals surface area contributed by atoms with Crippen LogP contribution in [0.4, 0.5) is 0 Å². The number of hydrogen-bond donors (Lipinski definition) is 0. The van der Waals surface area contributed by atoms with E-state index < -0.39 is 0 Å². The number of piperidine rings is 1. The summed E-state index contributed by atoms with van der Waals surface area (Å²) in [5.41, 5.74) is 3.36. The lowest BCUT2D eigenvalue weighted by molar-refractivity contribution is -0.130. The highest BCUT2D eigenvalue weighted by Crippen LogP contribution is 2.28. The minimum Gasteiger partial charge on any atom is -0.341 e. The first kappa shape index (κ1) is 23.1. The van der Waals surface area contributed by atoms with Gasteiger partial charge in [-0.1, -0.05) is 48.7 Å². The third-order valence-corrected chi connectivity index (χ3v) is 6.57. The van der Waals surface area contributed by atoms with Crippen molar-refractivity contribution in [3.05, 3.63) is 58.3 Å². The molecule has 170 valence electrons. The molecule has 5 nitrogen and oxygen atoms in total. The first-order valence-corrected chi connectivity index (χ1v) is 12.2. The summed E-state index contributed by atoms with van der Waals surface area (Å²) in [7, 11) is 0. The number of imidazole rings is 1. The molecular formula is C25H30Cl2N4O. The van der Waals surface area contributed by atoms with Gasteiger partial charge in [-0.2, -0.15) is 0 Å². The summed E-state index contributed by atoms with van der Waals surface area (Å²) in [5.74, 6) is 0.126. The highest BCUT2D eigenvalue weighted by molar-refractivity contribution is 6.30. The number of benzene rings is 1. The van der Waals surface area contributed by atoms with E-state index in [0.29, 0.717) is 10.0 Å². The summed E-state index contributed by atoms with van der Waals surface area (Å²) in [6.45, 7) is 6.87. The standard InChI is InChI=1S/C25H30Cl2N4O/c1-2-12-30(16-15-29-13-4-3-5-14-29)24(32)17-22-25(19-6-8-20(26)9-7-19)28-23-11-10-21(27)18-31(22)23/h6-11,18H,2-5,12-17H2,1H3. The van der Waals surface area contributed by atoms with Gasteiger partial charge in [0.15, 0.2) is 0 Å². The first-order valence-electron chi connectivity index (χ1n) is 11.5. The van der Waals surface area contributed by atoms with E-state index in [1.165, 1.54) is 19.3 Å². The lowest BCUT2D eigenvalue weighted by Crippen LogP contribution is -2.41. The average Bonchev–Trinajstić information content (AvgIpc) is 3.15. The van der Waals surface area contributed by atoms with E-state index >= 15 is 0 Å². The number of aromatic nitrogens is 2. The summed E-state index contributed by atoms with van der Waals surface area (Å²) >= 11 is 12.4. The molecule has 1 saturated heterocycles. The molecule has 1 fully saturated rings. The molecule has 1 amide bonds. The molecule has 0 radical (unpaired) electrons. The lowest BCUT2D eigenvalue weighted by atomic mass is 10.1. The van der Waals surface area contributed by atoms with E-state index in [0.717, 1.165) is 61.7 Å². The zero-order valence-corrected chi connectivity index (χ0v) is 20.1. The van der Waals surface area contributed by atoms with Gasteiger partial charge in [-0.05, 0) is 56.6 Å². The number of hydrogen-bond acceptors (Lipinski definition) is 3. The third-order valence-electron chi connectivity index (χ3n) is 6.10. The predicted molar refractivity (Wildman–Crippen MR) is 132 cm³/mol. The van der Waals surface area contributed by atoms with Gasteiger partial charge >= 0.3 is 0 Å². The van der Waals surface area contributed by atoms with Gasteiger partial charge in [0.2, 0.25) is 5.91 Å². The van der Waals surface area contributed by atoms with Crippen molar-refractivity contribution in [2.45, 2.75) is 39.0 Å². The summed E-state index contributed by atoms with van der Waals surface area (Å²) in [5, 5.41) is 1.28. The van der Waals surface area contributed by atoms with Crippen molar-refractivity contribution in [2.24, 2.45) is 0 Å². The fourth-order valence-electron chi connectivity index (χ4n) is 4.41. The van der Waals surface area contributed by atoms with Crippen molar-refractivity contribution in [3.63, 3.8) is 0 Å². The van der Waals surface area contributed by atoms with E-state index in [9.17, 15) is 4.79 Å². The molecule has 2 aromatic heterocycles. The van der Waals surface area contributed by atoms with E-state index in [4.69, 9.17) is 28.2 Å². The van der Waals surface area contributed by atoms with Crippen LogP contribution in [0.15, 0.2) is 42.6 Å². The fraction of sp³-hybridized carbons (Fsp3) is 0.440. The topological polar surface area (TPSA) is 40.8 Å². The Hall–Kier alpha value is -2.08. The molecule has 0 aliphatic carbocycles. The van der Waals surface area contributed by atoms with Crippen LogP contribution in [0.1, 0.15) is 38.3 Å². The van der Waals surface area contributed by atoms with Crippen molar-refractivity contribution in [2.75, 3.05) is 32.7 Å². The molecule has 1 aromatic carbocycles. The first-order chi connectivity index (χ1) is 15.5. The van der Waals surface area contributed by atoms with E-state index in [2.05, 4.69) is 11.8 Å². The molecule has 0 spiro atoms. The van der Waals surface area contributed by atoms with Gasteiger partial charge in [0.1, 0.15) is 5.65 Å². The smallest absolute Gasteiger partial charge is 0.228 e. The Morgan fingerprint density at radius 1 is 1.00 bits per heavy atom. The van der Waals surface area contributed by atoms with Gasteiger partial charge in [-0.25, -0.2) is 4.98 Å². The molecule has 3 aromatic rings. The number of carbonyl (C=O) groups is 1. The molecule has 0 saturated carbocycles. The van der Waals surface area contributed by atoms with Gasteiger partial charge in [0, 0.05) is 36.4 Å². The average molecular weight is 473 g/mol. The van der Waals surface area contributed by atoms with Gasteiger partial charge in [-0.3, -0.25) is 4.79 Å². The van der Waals surface area contributed by atoms with Crippen LogP contribution in [-0.2, 0) is 11.2 Å². The van der Waals surface area contributed by atoms with Crippen LogP contribution in [0.25, 0.3) is 16.9 Å². The molecule has 1 aliphatic heterocycles. The van der Waals surface area contributed by atoms with E-state index in [-0.39, 0.29) is 12.3 Å². The van der Waals surface area contributed by atoms with Crippen LogP contribution in [0.5, 0.6) is 0 Å². The number of pyridine rings is 1. The SMILES string of the molecule is CCCN(CCN1CCCCC1)C(=O)Cc1c(-c2ccc(Cl)cc2)nc2ccc(Cl)cn12. The Labute approximate surface area is 199 Å². The summed E-state index contributed by atoms with van der Waals surface area (Å²) in [6, 6.07) is 11.3. The molecule has 0 unspecified atom stereocenters. The molecule has 0 N–H and O–H groups in total. The Morgan fingerprint density at radius 2 is 1.72 bits per heavy atom. The summed E-state index contributed by atoms with van der Waals surface area (Å²) in [4.78, 5) is 22.7. The normalized spacial score (nSPS) is 14.7. The number of halogens is 2. The van der Waals surface area contributed by atoms with Gasteiger partial charge < -0.3 is 14.2 Å². The Bertz CT molecular complexity index is 1060. The van der Waals surface area contributed by atoms with Crippen LogP contribution in [-0.4, -0.2) is 57.8 Å². The maximum atomic E-state index is 13.5. The maximum Gasteiger partial charge on any atom is 0.228 e. The van der Waals surface area contributed by atoms with E-state index in [1.807, 2.05) is 51.9 Å². The predicted octanol–water partition coefficient (Wildman–Crippen LogP) is 5.58.